The SMILES string of the molecule is CCN(CC)c1ccc(NC(=O)C2N(CCO)C(=O)[C@@H]3[C@@H](C(=O)NC)[C@@H]4OC23CC4Br)cc1. The Balaban J connectivity index is 1.63. The summed E-state index contributed by atoms with van der Waals surface area (Å²) < 4.78 is 6.31. The molecule has 0 aliphatic carbocycles. The van der Waals surface area contributed by atoms with Gasteiger partial charge in [0.05, 0.1) is 24.5 Å². The van der Waals surface area contributed by atoms with E-state index in [4.69, 9.17) is 4.74 Å². The van der Waals surface area contributed by atoms with Crippen molar-refractivity contribution in [3.05, 3.63) is 24.3 Å². The molecule has 3 unspecified atom stereocenters. The number of hydrogen-bond donors (Lipinski definition) is 3. The maximum atomic E-state index is 13.6. The molecule has 3 aliphatic heterocycles. The van der Waals surface area contributed by atoms with Crippen LogP contribution in [0.4, 0.5) is 11.4 Å². The number of carbonyl (C=O) groups excluding carboxylic acids is 3. The number of rotatable bonds is 8. The molecule has 3 aliphatic rings. The van der Waals surface area contributed by atoms with Gasteiger partial charge < -0.3 is 30.3 Å². The Kier molecular flexibility index (Phi) is 6.70. The Bertz CT molecular complexity index is 924. The van der Waals surface area contributed by atoms with Crippen LogP contribution in [-0.2, 0) is 19.1 Å². The highest BCUT2D eigenvalue weighted by atomic mass is 79.9. The van der Waals surface area contributed by atoms with Crippen LogP contribution in [0.2, 0.25) is 0 Å². The summed E-state index contributed by atoms with van der Waals surface area (Å²) in [4.78, 5) is 43.1. The second kappa shape index (κ2) is 9.23. The summed E-state index contributed by atoms with van der Waals surface area (Å²) >= 11 is 3.60. The number of aliphatic hydroxyl groups is 1. The van der Waals surface area contributed by atoms with Crippen molar-refractivity contribution in [2.45, 2.75) is 42.8 Å². The quantitative estimate of drug-likeness (QED) is 0.438. The molecule has 0 radical (unpaired) electrons. The Labute approximate surface area is 201 Å². The lowest BCUT2D eigenvalue weighted by atomic mass is 9.70. The van der Waals surface area contributed by atoms with Gasteiger partial charge in [-0.1, -0.05) is 15.9 Å². The minimum Gasteiger partial charge on any atom is -0.395 e. The first-order valence-corrected chi connectivity index (χ1v) is 12.3. The molecular weight excluding hydrogens is 492 g/mol. The number of fused-ring (bicyclic) bond motifs is 1. The van der Waals surface area contributed by atoms with Gasteiger partial charge in [0.15, 0.2) is 0 Å². The third kappa shape index (κ3) is 3.72. The fraction of sp³-hybridized carbons (Fsp3) is 0.609. The average molecular weight is 523 g/mol. The number of benzene rings is 1. The molecule has 1 aromatic carbocycles. The number of amides is 3. The molecule has 3 N–H and O–H groups in total. The number of anilines is 2. The number of likely N-dealkylation sites (tertiary alicyclic amines) is 1. The van der Waals surface area contributed by atoms with Crippen molar-refractivity contribution in [1.82, 2.24) is 10.2 Å². The molecule has 2 bridgehead atoms. The third-order valence-corrected chi connectivity index (χ3v) is 8.04. The first kappa shape index (κ1) is 24.0. The molecular formula is C23H31BrN4O5. The van der Waals surface area contributed by atoms with Crippen LogP contribution in [0.1, 0.15) is 20.3 Å². The molecule has 10 heteroatoms. The highest BCUT2D eigenvalue weighted by Crippen LogP contribution is 2.59. The molecule has 0 saturated carbocycles. The first-order chi connectivity index (χ1) is 15.8. The van der Waals surface area contributed by atoms with Gasteiger partial charge in [-0.15, -0.1) is 0 Å². The van der Waals surface area contributed by atoms with Gasteiger partial charge in [0.25, 0.3) is 0 Å². The smallest absolute Gasteiger partial charge is 0.250 e. The number of halogens is 1. The number of nitrogens with one attached hydrogen (secondary N) is 2. The zero-order valence-electron chi connectivity index (χ0n) is 19.1. The van der Waals surface area contributed by atoms with Crippen LogP contribution in [0, 0.1) is 11.8 Å². The maximum Gasteiger partial charge on any atom is 0.250 e. The molecule has 33 heavy (non-hydrogen) atoms. The van der Waals surface area contributed by atoms with E-state index in [-0.39, 0.29) is 35.7 Å². The zero-order valence-corrected chi connectivity index (χ0v) is 20.7. The standard InChI is InChI=1S/C23H31BrN4O5/c1-4-27(5-2)14-8-6-13(7-9-14)26-21(31)19-23-12-15(24)18(33-23)16(20(30)25-3)17(23)22(32)28(19)10-11-29/h6-9,15-19,29H,4-5,10-12H2,1-3H3,(H,25,30)(H,26,31)/t15?,16-,17+,18-,19?,23?/m1/s1. The summed E-state index contributed by atoms with van der Waals surface area (Å²) in [6, 6.07) is 6.62. The lowest BCUT2D eigenvalue weighted by molar-refractivity contribution is -0.141. The van der Waals surface area contributed by atoms with Crippen molar-refractivity contribution in [3.63, 3.8) is 0 Å². The summed E-state index contributed by atoms with van der Waals surface area (Å²) in [5.74, 6) is -2.43. The summed E-state index contributed by atoms with van der Waals surface area (Å²) in [6.45, 7) is 5.64. The summed E-state index contributed by atoms with van der Waals surface area (Å²) in [5.41, 5.74) is 0.550. The molecule has 180 valence electrons. The molecule has 3 amide bonds. The lowest BCUT2D eigenvalue weighted by Gasteiger charge is -2.33. The Hall–Kier alpha value is -2.17. The van der Waals surface area contributed by atoms with E-state index in [0.29, 0.717) is 12.1 Å². The second-order valence-electron chi connectivity index (χ2n) is 8.74. The van der Waals surface area contributed by atoms with E-state index >= 15 is 0 Å². The number of ether oxygens (including phenoxy) is 1. The van der Waals surface area contributed by atoms with Crippen LogP contribution >= 0.6 is 15.9 Å². The Morgan fingerprint density at radius 1 is 1.24 bits per heavy atom. The highest BCUT2D eigenvalue weighted by molar-refractivity contribution is 9.09. The lowest BCUT2D eigenvalue weighted by Crippen LogP contribution is -2.54. The minimum atomic E-state index is -1.12. The number of alkyl halides is 1. The van der Waals surface area contributed by atoms with Crippen molar-refractivity contribution in [2.24, 2.45) is 11.8 Å². The fourth-order valence-corrected chi connectivity index (χ4v) is 6.74. The normalized spacial score (nSPS) is 32.1. The van der Waals surface area contributed by atoms with E-state index in [9.17, 15) is 19.5 Å². The number of nitrogens with zero attached hydrogens (tertiary/aromatic N) is 2. The third-order valence-electron chi connectivity index (χ3n) is 7.19. The number of carbonyl (C=O) groups is 3. The molecule has 0 aromatic heterocycles. The van der Waals surface area contributed by atoms with E-state index in [1.165, 1.54) is 11.9 Å². The number of aliphatic hydroxyl groups excluding tert-OH is 1. The van der Waals surface area contributed by atoms with E-state index in [1.807, 2.05) is 24.3 Å². The van der Waals surface area contributed by atoms with Crippen LogP contribution in [0.5, 0.6) is 0 Å². The highest BCUT2D eigenvalue weighted by Gasteiger charge is 2.76. The van der Waals surface area contributed by atoms with Crippen LogP contribution in [-0.4, -0.2) is 83.6 Å². The molecule has 3 heterocycles. The van der Waals surface area contributed by atoms with Gasteiger partial charge in [0, 0.05) is 42.9 Å². The minimum absolute atomic E-state index is 0.00247. The van der Waals surface area contributed by atoms with Gasteiger partial charge in [-0.25, -0.2) is 0 Å². The Morgan fingerprint density at radius 2 is 1.91 bits per heavy atom. The van der Waals surface area contributed by atoms with Gasteiger partial charge >= 0.3 is 0 Å². The summed E-state index contributed by atoms with van der Waals surface area (Å²) in [5, 5.41) is 15.2. The molecule has 6 atom stereocenters. The molecule has 1 spiro atoms. The topological polar surface area (TPSA) is 111 Å². The van der Waals surface area contributed by atoms with Crippen molar-refractivity contribution in [2.75, 3.05) is 43.5 Å². The van der Waals surface area contributed by atoms with Gasteiger partial charge in [-0.2, -0.15) is 0 Å². The molecule has 4 rings (SSSR count). The maximum absolute atomic E-state index is 13.6. The monoisotopic (exact) mass is 522 g/mol. The van der Waals surface area contributed by atoms with Crippen LogP contribution in [0.3, 0.4) is 0 Å². The van der Waals surface area contributed by atoms with Crippen molar-refractivity contribution in [1.29, 1.82) is 0 Å². The molecule has 3 saturated heterocycles. The van der Waals surface area contributed by atoms with Crippen molar-refractivity contribution < 1.29 is 24.2 Å². The van der Waals surface area contributed by atoms with Gasteiger partial charge in [0.1, 0.15) is 11.6 Å². The van der Waals surface area contributed by atoms with Crippen molar-refractivity contribution >= 4 is 45.0 Å². The predicted octanol–water partition coefficient (Wildman–Crippen LogP) is 0.958. The fourth-order valence-electron chi connectivity index (χ4n) is 5.80. The van der Waals surface area contributed by atoms with Crippen LogP contribution in [0.15, 0.2) is 24.3 Å². The number of β-amino-alcohol motifs (C(OH)–C–C–N with tert-alkyl or cyclic N) is 1. The van der Waals surface area contributed by atoms with Crippen LogP contribution in [0.25, 0.3) is 0 Å². The summed E-state index contributed by atoms with van der Waals surface area (Å²) in [6.07, 6.45) is -0.0542. The second-order valence-corrected chi connectivity index (χ2v) is 9.92. The van der Waals surface area contributed by atoms with E-state index < -0.39 is 29.6 Å². The van der Waals surface area contributed by atoms with Crippen LogP contribution < -0.4 is 15.5 Å². The van der Waals surface area contributed by atoms with E-state index in [2.05, 4.69) is 45.3 Å². The number of hydrogen-bond acceptors (Lipinski definition) is 6. The van der Waals surface area contributed by atoms with E-state index in [1.54, 1.807) is 0 Å². The largest absolute Gasteiger partial charge is 0.395 e. The molecule has 9 nitrogen and oxygen atoms in total. The molecule has 1 aromatic rings. The summed E-state index contributed by atoms with van der Waals surface area (Å²) in [7, 11) is 1.53. The average Bonchev–Trinajstić information content (AvgIpc) is 3.39. The van der Waals surface area contributed by atoms with Gasteiger partial charge in [-0.05, 0) is 44.5 Å². The van der Waals surface area contributed by atoms with Gasteiger partial charge in [0.2, 0.25) is 17.7 Å². The predicted molar refractivity (Wildman–Crippen MR) is 127 cm³/mol. The molecule has 3 fully saturated rings. The Morgan fingerprint density at radius 3 is 2.48 bits per heavy atom. The zero-order chi connectivity index (χ0) is 23.9. The van der Waals surface area contributed by atoms with Gasteiger partial charge in [-0.3, -0.25) is 14.4 Å². The van der Waals surface area contributed by atoms with E-state index in [0.717, 1.165) is 18.8 Å². The first-order valence-electron chi connectivity index (χ1n) is 11.4. The van der Waals surface area contributed by atoms with Crippen molar-refractivity contribution in [3.8, 4) is 0 Å².